The van der Waals surface area contributed by atoms with Gasteiger partial charge < -0.3 is 14.4 Å². The van der Waals surface area contributed by atoms with Gasteiger partial charge in [0.2, 0.25) is 0 Å². The van der Waals surface area contributed by atoms with Crippen LogP contribution in [0.1, 0.15) is 19.8 Å². The topological polar surface area (TPSA) is 22.9 Å². The second kappa shape index (κ2) is 9.96. The van der Waals surface area contributed by atoms with Crippen LogP contribution in [-0.2, 0) is 9.47 Å². The van der Waals surface area contributed by atoms with E-state index in [0.717, 1.165) is 26.3 Å². The average Bonchev–Trinajstić information content (AvgIpc) is 2.17. The lowest BCUT2D eigenvalue weighted by Gasteiger charge is -2.18. The predicted octanol–water partition coefficient (Wildman–Crippen LogP) is -0.0358. The van der Waals surface area contributed by atoms with E-state index in [-0.39, 0.29) is 0 Å². The molecule has 3 heteroatoms. The highest BCUT2D eigenvalue weighted by molar-refractivity contribution is 4.34. The monoisotopic (exact) mass is 190 g/mol. The van der Waals surface area contributed by atoms with Crippen LogP contribution in [0.3, 0.4) is 0 Å². The van der Waals surface area contributed by atoms with Gasteiger partial charge in [0.25, 0.3) is 0 Å². The quantitative estimate of drug-likeness (QED) is 0.551. The molecule has 0 aliphatic rings. The summed E-state index contributed by atoms with van der Waals surface area (Å²) in [6, 6.07) is 0. The van der Waals surface area contributed by atoms with Crippen molar-refractivity contribution in [3.8, 4) is 0 Å². The smallest absolute Gasteiger partial charge is 0.101 e. The predicted molar refractivity (Wildman–Crippen MR) is 54.2 cm³/mol. The van der Waals surface area contributed by atoms with Crippen LogP contribution in [-0.4, -0.2) is 47.1 Å². The summed E-state index contributed by atoms with van der Waals surface area (Å²) in [5.41, 5.74) is 0. The molecule has 0 amide bonds. The highest BCUT2D eigenvalue weighted by Crippen LogP contribution is 1.79. The van der Waals surface area contributed by atoms with Crippen molar-refractivity contribution < 1.29 is 14.4 Å². The van der Waals surface area contributed by atoms with Crippen LogP contribution < -0.4 is 4.90 Å². The van der Waals surface area contributed by atoms with Gasteiger partial charge in [-0.15, -0.1) is 0 Å². The van der Waals surface area contributed by atoms with Gasteiger partial charge in [-0.3, -0.25) is 0 Å². The van der Waals surface area contributed by atoms with Crippen molar-refractivity contribution in [3.05, 3.63) is 0 Å². The lowest BCUT2D eigenvalue weighted by atomic mass is 10.3. The van der Waals surface area contributed by atoms with Gasteiger partial charge in [0.15, 0.2) is 0 Å². The number of hydrogen-bond acceptors (Lipinski definition) is 2. The molecule has 0 aromatic heterocycles. The van der Waals surface area contributed by atoms with E-state index in [1.54, 1.807) is 19.1 Å². The second-order valence-corrected chi connectivity index (χ2v) is 3.34. The molecule has 0 aromatic rings. The van der Waals surface area contributed by atoms with Crippen molar-refractivity contribution in [2.45, 2.75) is 19.8 Å². The molecule has 0 saturated heterocycles. The van der Waals surface area contributed by atoms with Crippen LogP contribution >= 0.6 is 0 Å². The van der Waals surface area contributed by atoms with Gasteiger partial charge in [-0.25, -0.2) is 0 Å². The number of methoxy groups -OCH3 is 2. The van der Waals surface area contributed by atoms with Crippen LogP contribution in [0, 0.1) is 0 Å². The molecule has 0 heterocycles. The summed E-state index contributed by atoms with van der Waals surface area (Å²) < 4.78 is 10.1. The normalized spacial score (nSPS) is 11.1. The van der Waals surface area contributed by atoms with E-state index < -0.39 is 0 Å². The molecule has 3 nitrogen and oxygen atoms in total. The molecule has 0 unspecified atom stereocenters. The third kappa shape index (κ3) is 8.22. The van der Waals surface area contributed by atoms with Crippen LogP contribution in [0.4, 0.5) is 0 Å². The van der Waals surface area contributed by atoms with Gasteiger partial charge in [0.1, 0.15) is 13.1 Å². The first-order chi connectivity index (χ1) is 6.35. The fourth-order valence-corrected chi connectivity index (χ4v) is 1.29. The van der Waals surface area contributed by atoms with Gasteiger partial charge in [0.05, 0.1) is 19.8 Å². The molecule has 0 aliphatic carbocycles. The Kier molecular flexibility index (Phi) is 9.87. The van der Waals surface area contributed by atoms with E-state index in [1.807, 2.05) is 0 Å². The van der Waals surface area contributed by atoms with Gasteiger partial charge >= 0.3 is 0 Å². The molecule has 0 atom stereocenters. The Morgan fingerprint density at radius 3 is 1.85 bits per heavy atom. The molecule has 0 rings (SSSR count). The molecule has 0 bridgehead atoms. The summed E-state index contributed by atoms with van der Waals surface area (Å²) >= 11 is 0. The summed E-state index contributed by atoms with van der Waals surface area (Å²) in [6.07, 6.45) is 2.56. The zero-order valence-electron chi connectivity index (χ0n) is 9.27. The zero-order valence-corrected chi connectivity index (χ0v) is 9.27. The molecule has 0 aliphatic heterocycles. The number of rotatable bonds is 9. The maximum atomic E-state index is 5.07. The largest absolute Gasteiger partial charge is 0.379 e. The summed E-state index contributed by atoms with van der Waals surface area (Å²) in [7, 11) is 3.52. The molecular weight excluding hydrogens is 166 g/mol. The van der Waals surface area contributed by atoms with Crippen molar-refractivity contribution >= 4 is 0 Å². The second-order valence-electron chi connectivity index (χ2n) is 3.34. The first-order valence-electron chi connectivity index (χ1n) is 5.16. The van der Waals surface area contributed by atoms with E-state index in [4.69, 9.17) is 9.47 Å². The maximum Gasteiger partial charge on any atom is 0.101 e. The Bertz CT molecular complexity index is 79.9. The number of nitrogens with one attached hydrogen (secondary N) is 1. The van der Waals surface area contributed by atoms with E-state index in [2.05, 4.69) is 6.92 Å². The highest BCUT2D eigenvalue weighted by atomic mass is 16.5. The average molecular weight is 190 g/mol. The zero-order chi connectivity index (χ0) is 9.94. The summed E-state index contributed by atoms with van der Waals surface area (Å²) in [5, 5.41) is 0. The lowest BCUT2D eigenvalue weighted by molar-refractivity contribution is -0.901. The fraction of sp³-hybridized carbons (Fsp3) is 1.00. The molecule has 0 spiro atoms. The molecule has 0 saturated carbocycles. The number of ether oxygens (including phenoxy) is 2. The molecule has 0 aromatic carbocycles. The first kappa shape index (κ1) is 12.9. The van der Waals surface area contributed by atoms with Crippen LogP contribution in [0.15, 0.2) is 0 Å². The number of hydrogen-bond donors (Lipinski definition) is 1. The van der Waals surface area contributed by atoms with Crippen LogP contribution in [0.5, 0.6) is 0 Å². The lowest BCUT2D eigenvalue weighted by Crippen LogP contribution is -3.13. The summed E-state index contributed by atoms with van der Waals surface area (Å²) in [6.45, 7) is 7.36. The molecule has 1 N–H and O–H groups in total. The van der Waals surface area contributed by atoms with Crippen molar-refractivity contribution in [1.82, 2.24) is 0 Å². The number of unbranched alkanes of at least 4 members (excludes halogenated alkanes) is 1. The third-order valence-corrected chi connectivity index (χ3v) is 2.20. The first-order valence-corrected chi connectivity index (χ1v) is 5.16. The van der Waals surface area contributed by atoms with Gasteiger partial charge in [-0.2, -0.15) is 0 Å². The Morgan fingerprint density at radius 1 is 0.923 bits per heavy atom. The summed E-state index contributed by atoms with van der Waals surface area (Å²) in [5.74, 6) is 0. The van der Waals surface area contributed by atoms with Gasteiger partial charge in [0, 0.05) is 14.2 Å². The Labute approximate surface area is 82.0 Å². The van der Waals surface area contributed by atoms with E-state index in [9.17, 15) is 0 Å². The van der Waals surface area contributed by atoms with E-state index >= 15 is 0 Å². The van der Waals surface area contributed by atoms with Crippen molar-refractivity contribution in [2.24, 2.45) is 0 Å². The minimum absolute atomic E-state index is 0.850. The number of quaternary nitrogens is 1. The molecule has 0 fully saturated rings. The molecule has 0 radical (unpaired) electrons. The third-order valence-electron chi connectivity index (χ3n) is 2.20. The Balaban J connectivity index is 3.47. The van der Waals surface area contributed by atoms with Crippen molar-refractivity contribution in [1.29, 1.82) is 0 Å². The Hall–Kier alpha value is -0.120. The summed E-state index contributed by atoms with van der Waals surface area (Å²) in [4.78, 5) is 1.59. The van der Waals surface area contributed by atoms with Crippen LogP contribution in [0.2, 0.25) is 0 Å². The standard InChI is InChI=1S/C10H23NO2/c1-4-5-6-11(7-9-12-2)8-10-13-3/h4-10H2,1-3H3/p+1. The SMILES string of the molecule is CCCC[NH+](CCOC)CCOC. The van der Waals surface area contributed by atoms with Gasteiger partial charge in [-0.1, -0.05) is 13.3 Å². The van der Waals surface area contributed by atoms with E-state index in [1.165, 1.54) is 19.4 Å². The maximum absolute atomic E-state index is 5.07. The van der Waals surface area contributed by atoms with Gasteiger partial charge in [-0.05, 0) is 6.42 Å². The van der Waals surface area contributed by atoms with Crippen LogP contribution in [0.25, 0.3) is 0 Å². The fourth-order valence-electron chi connectivity index (χ4n) is 1.29. The molecule has 80 valence electrons. The van der Waals surface area contributed by atoms with E-state index in [0.29, 0.717) is 0 Å². The highest BCUT2D eigenvalue weighted by Gasteiger charge is 2.06. The molecular formula is C10H24NO2+. The van der Waals surface area contributed by atoms with Crippen molar-refractivity contribution in [2.75, 3.05) is 47.1 Å². The minimum atomic E-state index is 0.850. The Morgan fingerprint density at radius 2 is 1.46 bits per heavy atom. The van der Waals surface area contributed by atoms with Crippen molar-refractivity contribution in [3.63, 3.8) is 0 Å². The minimum Gasteiger partial charge on any atom is -0.379 e. The molecule has 13 heavy (non-hydrogen) atoms.